The zero-order chi connectivity index (χ0) is 16.9. The summed E-state index contributed by atoms with van der Waals surface area (Å²) >= 11 is 0. The molecule has 2 heterocycles. The van der Waals surface area contributed by atoms with Crippen LogP contribution in [-0.2, 0) is 17.6 Å². The average Bonchev–Trinajstić information content (AvgIpc) is 2.58. The van der Waals surface area contributed by atoms with Crippen LogP contribution in [0.2, 0.25) is 0 Å². The lowest BCUT2D eigenvalue weighted by atomic mass is 10.0. The van der Waals surface area contributed by atoms with E-state index in [9.17, 15) is 0 Å². The molecule has 0 atom stereocenters. The Balaban J connectivity index is 1.62. The third-order valence-corrected chi connectivity index (χ3v) is 4.51. The highest BCUT2D eigenvalue weighted by Gasteiger charge is 2.15. The Kier molecular flexibility index (Phi) is 5.41. The normalized spacial score (nSPS) is 14.9. The van der Waals surface area contributed by atoms with E-state index in [-0.39, 0.29) is 0 Å². The van der Waals surface area contributed by atoms with Crippen LogP contribution in [0.1, 0.15) is 34.8 Å². The summed E-state index contributed by atoms with van der Waals surface area (Å²) in [5, 5.41) is 0. The van der Waals surface area contributed by atoms with Crippen LogP contribution >= 0.6 is 0 Å². The van der Waals surface area contributed by atoms with Gasteiger partial charge in [-0.1, -0.05) is 18.2 Å². The highest BCUT2D eigenvalue weighted by atomic mass is 16.5. The van der Waals surface area contributed by atoms with Gasteiger partial charge in [0.05, 0.1) is 13.2 Å². The first-order valence-electron chi connectivity index (χ1n) is 8.72. The minimum Gasteiger partial charge on any atom is -0.378 e. The Morgan fingerprint density at radius 2 is 1.75 bits per heavy atom. The molecule has 5 heteroatoms. The Morgan fingerprint density at radius 1 is 0.958 bits per heavy atom. The number of nitrogens with zero attached hydrogens (tertiary/aromatic N) is 4. The minimum absolute atomic E-state index is 0.743. The van der Waals surface area contributed by atoms with Gasteiger partial charge >= 0.3 is 0 Å². The summed E-state index contributed by atoms with van der Waals surface area (Å²) in [5.74, 6) is 2.49. The molecule has 1 saturated heterocycles. The van der Waals surface area contributed by atoms with Gasteiger partial charge in [0.1, 0.15) is 11.6 Å². The van der Waals surface area contributed by atoms with E-state index < -0.39 is 0 Å². The van der Waals surface area contributed by atoms with Gasteiger partial charge in [-0.05, 0) is 50.3 Å². The summed E-state index contributed by atoms with van der Waals surface area (Å²) in [4.78, 5) is 15.9. The summed E-state index contributed by atoms with van der Waals surface area (Å²) < 4.78 is 5.40. The van der Waals surface area contributed by atoms with Gasteiger partial charge in [0, 0.05) is 19.5 Å². The molecule has 1 aromatic heterocycles. The van der Waals surface area contributed by atoms with Crippen LogP contribution in [0.5, 0.6) is 0 Å². The van der Waals surface area contributed by atoms with Crippen molar-refractivity contribution >= 4 is 5.95 Å². The van der Waals surface area contributed by atoms with Gasteiger partial charge in [0.15, 0.2) is 0 Å². The molecule has 0 bridgehead atoms. The van der Waals surface area contributed by atoms with Gasteiger partial charge < -0.3 is 9.64 Å². The van der Waals surface area contributed by atoms with Crippen molar-refractivity contribution in [1.29, 1.82) is 0 Å². The van der Waals surface area contributed by atoms with Gasteiger partial charge in [0.25, 0.3) is 0 Å². The fourth-order valence-electron chi connectivity index (χ4n) is 2.95. The molecule has 0 saturated carbocycles. The number of hydrogen-bond donors (Lipinski definition) is 0. The van der Waals surface area contributed by atoms with Crippen molar-refractivity contribution in [2.45, 2.75) is 40.0 Å². The zero-order valence-corrected chi connectivity index (χ0v) is 14.9. The molecule has 0 aliphatic carbocycles. The monoisotopic (exact) mass is 326 g/mol. The maximum Gasteiger partial charge on any atom is 0.229 e. The van der Waals surface area contributed by atoms with E-state index in [2.05, 4.69) is 51.9 Å². The number of rotatable bonds is 5. The Hall–Kier alpha value is -2.01. The van der Waals surface area contributed by atoms with E-state index in [0.29, 0.717) is 0 Å². The minimum atomic E-state index is 0.743. The fraction of sp³-hybridized carbons (Fsp3) is 0.526. The van der Waals surface area contributed by atoms with Crippen LogP contribution in [0.25, 0.3) is 0 Å². The van der Waals surface area contributed by atoms with Crippen molar-refractivity contribution < 1.29 is 4.74 Å². The average molecular weight is 326 g/mol. The standard InChI is InChI=1S/C19H26N4O/c1-14-7-8-17(13-15(14)2)5-4-6-18-20-16(3)21-19(22-18)23-9-11-24-12-10-23/h7-8,13H,4-6,9-12H2,1-3H3. The number of aryl methyl sites for hydroxylation is 5. The zero-order valence-electron chi connectivity index (χ0n) is 14.9. The predicted molar refractivity (Wildman–Crippen MR) is 95.5 cm³/mol. The van der Waals surface area contributed by atoms with Crippen LogP contribution in [0.3, 0.4) is 0 Å². The van der Waals surface area contributed by atoms with Crippen molar-refractivity contribution in [1.82, 2.24) is 15.0 Å². The van der Waals surface area contributed by atoms with E-state index in [1.807, 2.05) is 6.92 Å². The third kappa shape index (κ3) is 4.29. The molecule has 0 spiro atoms. The second kappa shape index (κ2) is 7.71. The molecule has 1 aliphatic heterocycles. The molecule has 0 N–H and O–H groups in total. The van der Waals surface area contributed by atoms with Gasteiger partial charge in [0.2, 0.25) is 5.95 Å². The number of ether oxygens (including phenoxy) is 1. The van der Waals surface area contributed by atoms with Crippen LogP contribution < -0.4 is 4.90 Å². The van der Waals surface area contributed by atoms with Crippen molar-refractivity contribution in [2.24, 2.45) is 0 Å². The fourth-order valence-corrected chi connectivity index (χ4v) is 2.95. The molecule has 0 radical (unpaired) electrons. The summed E-state index contributed by atoms with van der Waals surface area (Å²) in [6.07, 6.45) is 2.99. The third-order valence-electron chi connectivity index (χ3n) is 4.51. The van der Waals surface area contributed by atoms with E-state index in [0.717, 1.165) is 63.2 Å². The van der Waals surface area contributed by atoms with Crippen LogP contribution in [0.4, 0.5) is 5.95 Å². The molecule has 5 nitrogen and oxygen atoms in total. The molecule has 24 heavy (non-hydrogen) atoms. The van der Waals surface area contributed by atoms with Gasteiger partial charge in [-0.25, -0.2) is 4.98 Å². The maximum atomic E-state index is 5.40. The summed E-state index contributed by atoms with van der Waals surface area (Å²) in [7, 11) is 0. The SMILES string of the molecule is Cc1nc(CCCc2ccc(C)c(C)c2)nc(N2CCOCC2)n1. The molecule has 3 rings (SSSR count). The number of aromatic nitrogens is 3. The van der Waals surface area contributed by atoms with E-state index >= 15 is 0 Å². The van der Waals surface area contributed by atoms with Crippen molar-refractivity contribution in [3.05, 3.63) is 46.5 Å². The quantitative estimate of drug-likeness (QED) is 0.845. The summed E-state index contributed by atoms with van der Waals surface area (Å²) in [6, 6.07) is 6.71. The van der Waals surface area contributed by atoms with Crippen molar-refractivity contribution in [3.8, 4) is 0 Å². The van der Waals surface area contributed by atoms with E-state index in [1.165, 1.54) is 16.7 Å². The van der Waals surface area contributed by atoms with Crippen LogP contribution in [-0.4, -0.2) is 41.3 Å². The number of hydrogen-bond acceptors (Lipinski definition) is 5. The first-order chi connectivity index (χ1) is 11.6. The van der Waals surface area contributed by atoms with Crippen molar-refractivity contribution in [3.63, 3.8) is 0 Å². The van der Waals surface area contributed by atoms with Crippen LogP contribution in [0.15, 0.2) is 18.2 Å². The largest absolute Gasteiger partial charge is 0.378 e. The van der Waals surface area contributed by atoms with Gasteiger partial charge in [-0.3, -0.25) is 0 Å². The van der Waals surface area contributed by atoms with E-state index in [1.54, 1.807) is 0 Å². The smallest absolute Gasteiger partial charge is 0.229 e. The number of anilines is 1. The summed E-state index contributed by atoms with van der Waals surface area (Å²) in [5.41, 5.74) is 4.09. The van der Waals surface area contributed by atoms with Gasteiger partial charge in [-0.2, -0.15) is 9.97 Å². The lowest BCUT2D eigenvalue weighted by Gasteiger charge is -2.27. The molecule has 2 aromatic rings. The second-order valence-electron chi connectivity index (χ2n) is 6.47. The molecular formula is C19H26N4O. The molecular weight excluding hydrogens is 300 g/mol. The van der Waals surface area contributed by atoms with Crippen LogP contribution in [0, 0.1) is 20.8 Å². The Bertz CT molecular complexity index is 696. The number of morpholine rings is 1. The van der Waals surface area contributed by atoms with Gasteiger partial charge in [-0.15, -0.1) is 0 Å². The first kappa shape index (κ1) is 16.8. The Morgan fingerprint density at radius 3 is 2.50 bits per heavy atom. The molecule has 1 aromatic carbocycles. The predicted octanol–water partition coefficient (Wildman–Crippen LogP) is 2.81. The summed E-state index contributed by atoms with van der Waals surface area (Å²) in [6.45, 7) is 9.46. The van der Waals surface area contributed by atoms with Crippen molar-refractivity contribution in [2.75, 3.05) is 31.2 Å². The molecule has 1 fully saturated rings. The lowest BCUT2D eigenvalue weighted by molar-refractivity contribution is 0.122. The highest BCUT2D eigenvalue weighted by molar-refractivity contribution is 5.31. The van der Waals surface area contributed by atoms with E-state index in [4.69, 9.17) is 4.74 Å². The highest BCUT2D eigenvalue weighted by Crippen LogP contribution is 2.14. The second-order valence-corrected chi connectivity index (χ2v) is 6.47. The number of benzene rings is 1. The topological polar surface area (TPSA) is 51.1 Å². The molecule has 0 unspecified atom stereocenters. The first-order valence-corrected chi connectivity index (χ1v) is 8.72. The molecule has 1 aliphatic rings. The lowest BCUT2D eigenvalue weighted by Crippen LogP contribution is -2.37. The Labute approximate surface area is 144 Å². The maximum absolute atomic E-state index is 5.40. The molecule has 0 amide bonds. The molecule has 128 valence electrons.